The van der Waals surface area contributed by atoms with E-state index >= 15 is 0 Å². The van der Waals surface area contributed by atoms with Crippen molar-refractivity contribution >= 4 is 11.9 Å². The number of phenolic OH excluding ortho intramolecular Hbond substituents is 1. The summed E-state index contributed by atoms with van der Waals surface area (Å²) < 4.78 is 11.3. The Bertz CT molecular complexity index is 819. The summed E-state index contributed by atoms with van der Waals surface area (Å²) in [7, 11) is 2.08. The van der Waals surface area contributed by atoms with Gasteiger partial charge in [-0.3, -0.25) is 4.79 Å². The van der Waals surface area contributed by atoms with Gasteiger partial charge in [-0.2, -0.15) is 0 Å². The molecule has 2 heterocycles. The van der Waals surface area contributed by atoms with E-state index in [1.807, 2.05) is 13.0 Å². The predicted octanol–water partition coefficient (Wildman–Crippen LogP) is 2.72. The molecule has 0 spiro atoms. The lowest BCUT2D eigenvalue weighted by Gasteiger charge is -2.16. The maximum Gasteiger partial charge on any atom is 0.232 e. The molecule has 1 unspecified atom stereocenters. The minimum absolute atomic E-state index is 0.164. The molecule has 1 aliphatic heterocycles. The number of ketones is 1. The lowest BCUT2D eigenvalue weighted by molar-refractivity contribution is -0.894. The van der Waals surface area contributed by atoms with Gasteiger partial charge in [0.15, 0.2) is 11.5 Å². The number of aryl methyl sites for hydroxylation is 1. The fourth-order valence-electron chi connectivity index (χ4n) is 3.00. The highest BCUT2D eigenvalue weighted by Crippen LogP contribution is 2.39. The fraction of sp³-hybridized carbons (Fsp3) is 0.350. The van der Waals surface area contributed by atoms with E-state index in [2.05, 4.69) is 14.0 Å². The zero-order chi connectivity index (χ0) is 18.0. The van der Waals surface area contributed by atoms with Gasteiger partial charge in [0.1, 0.15) is 23.8 Å². The Hall–Kier alpha value is -2.53. The minimum atomic E-state index is -0.184. The van der Waals surface area contributed by atoms with Crippen molar-refractivity contribution in [3.63, 3.8) is 0 Å². The summed E-state index contributed by atoms with van der Waals surface area (Å²) >= 11 is 0. The number of hydrogen-bond donors (Lipinski definition) is 2. The average Bonchev–Trinajstić information content (AvgIpc) is 3.13. The molecule has 25 heavy (non-hydrogen) atoms. The van der Waals surface area contributed by atoms with E-state index < -0.39 is 0 Å². The van der Waals surface area contributed by atoms with Crippen LogP contribution in [0.15, 0.2) is 34.4 Å². The molecule has 0 bridgehead atoms. The molecular formula is C20H24NO4+. The Labute approximate surface area is 147 Å². The molecule has 0 radical (unpaired) electrons. The number of nitrogens with one attached hydrogen (secondary N) is 1. The third-order valence-electron chi connectivity index (χ3n) is 4.39. The van der Waals surface area contributed by atoms with Crippen molar-refractivity contribution in [2.24, 2.45) is 0 Å². The number of ether oxygens (including phenoxy) is 1. The number of rotatable bonds is 6. The molecule has 0 saturated heterocycles. The van der Waals surface area contributed by atoms with Crippen LogP contribution in [0, 0.1) is 6.92 Å². The molecular weight excluding hydrogens is 318 g/mol. The van der Waals surface area contributed by atoms with Crippen LogP contribution in [0.4, 0.5) is 0 Å². The van der Waals surface area contributed by atoms with E-state index in [0.29, 0.717) is 29.2 Å². The molecule has 0 amide bonds. The number of quaternary nitrogens is 1. The van der Waals surface area contributed by atoms with Crippen molar-refractivity contribution in [3.8, 4) is 11.5 Å². The maximum atomic E-state index is 12.6. The van der Waals surface area contributed by atoms with Gasteiger partial charge in [0.2, 0.25) is 5.78 Å². The van der Waals surface area contributed by atoms with Gasteiger partial charge in [-0.1, -0.05) is 13.3 Å². The summed E-state index contributed by atoms with van der Waals surface area (Å²) in [6.45, 7) is 5.61. The van der Waals surface area contributed by atoms with E-state index in [9.17, 15) is 9.90 Å². The van der Waals surface area contributed by atoms with Crippen molar-refractivity contribution in [1.82, 2.24) is 0 Å². The SMILES string of the molecule is CCCC[NH+](C)Cc1c(O)ccc2c1OC(=Cc1ccc(C)o1)C2=O. The van der Waals surface area contributed by atoms with Gasteiger partial charge in [-0.25, -0.2) is 0 Å². The summed E-state index contributed by atoms with van der Waals surface area (Å²) in [6.07, 6.45) is 3.84. The van der Waals surface area contributed by atoms with Crippen molar-refractivity contribution in [3.05, 3.63) is 52.7 Å². The second kappa shape index (κ2) is 7.15. The molecule has 3 rings (SSSR count). The van der Waals surface area contributed by atoms with Crippen LogP contribution in [0.1, 0.15) is 47.2 Å². The van der Waals surface area contributed by atoms with Gasteiger partial charge in [0.25, 0.3) is 0 Å². The summed E-state index contributed by atoms with van der Waals surface area (Å²) in [4.78, 5) is 13.9. The standard InChI is InChI=1S/C20H23NO4/c1-4-5-10-21(3)12-16-17(22)9-8-15-19(23)18(25-20(15)16)11-14-7-6-13(2)24-14/h6-9,11,22H,4-5,10,12H2,1-3H3/p+1. The zero-order valence-corrected chi connectivity index (χ0v) is 14.9. The van der Waals surface area contributed by atoms with E-state index in [1.165, 1.54) is 4.90 Å². The molecule has 1 aromatic carbocycles. The molecule has 132 valence electrons. The smallest absolute Gasteiger partial charge is 0.232 e. The van der Waals surface area contributed by atoms with Crippen LogP contribution < -0.4 is 9.64 Å². The number of carbonyl (C=O) groups is 1. The molecule has 0 aliphatic carbocycles. The third-order valence-corrected chi connectivity index (χ3v) is 4.39. The summed E-state index contributed by atoms with van der Waals surface area (Å²) in [5, 5.41) is 10.3. The van der Waals surface area contributed by atoms with Gasteiger partial charge in [-0.05, 0) is 37.6 Å². The van der Waals surface area contributed by atoms with Gasteiger partial charge in [0.05, 0.1) is 24.7 Å². The summed E-state index contributed by atoms with van der Waals surface area (Å²) in [5.74, 6) is 2.02. The Kier molecular flexibility index (Phi) is 4.95. The second-order valence-corrected chi connectivity index (χ2v) is 6.57. The number of allylic oxidation sites excluding steroid dienone is 1. The molecule has 2 aromatic rings. The monoisotopic (exact) mass is 342 g/mol. The van der Waals surface area contributed by atoms with E-state index in [4.69, 9.17) is 9.15 Å². The first-order valence-electron chi connectivity index (χ1n) is 8.66. The number of hydrogen-bond acceptors (Lipinski definition) is 4. The van der Waals surface area contributed by atoms with Gasteiger partial charge in [0, 0.05) is 6.08 Å². The topological polar surface area (TPSA) is 64.1 Å². The van der Waals surface area contributed by atoms with E-state index in [0.717, 1.165) is 25.1 Å². The number of phenols is 1. The Morgan fingerprint density at radius 2 is 2.04 bits per heavy atom. The highest BCUT2D eigenvalue weighted by molar-refractivity contribution is 6.14. The van der Waals surface area contributed by atoms with Gasteiger partial charge < -0.3 is 19.2 Å². The number of aromatic hydroxyl groups is 1. The van der Waals surface area contributed by atoms with E-state index in [-0.39, 0.29) is 17.3 Å². The molecule has 0 fully saturated rings. The molecule has 1 atom stereocenters. The van der Waals surface area contributed by atoms with Gasteiger partial charge in [-0.15, -0.1) is 0 Å². The van der Waals surface area contributed by atoms with Gasteiger partial charge >= 0.3 is 0 Å². The number of unbranched alkanes of at least 4 members (excludes halogenated alkanes) is 1. The van der Waals surface area contributed by atoms with Crippen molar-refractivity contribution in [2.45, 2.75) is 33.2 Å². The molecule has 1 aromatic heterocycles. The molecule has 5 nitrogen and oxygen atoms in total. The predicted molar refractivity (Wildman–Crippen MR) is 94.9 cm³/mol. The van der Waals surface area contributed by atoms with Crippen LogP contribution >= 0.6 is 0 Å². The summed E-state index contributed by atoms with van der Waals surface area (Å²) in [6, 6.07) is 6.82. The first kappa shape index (κ1) is 17.3. The van der Waals surface area contributed by atoms with Crippen LogP contribution in [0.3, 0.4) is 0 Å². The lowest BCUT2D eigenvalue weighted by atomic mass is 10.0. The Morgan fingerprint density at radius 1 is 1.24 bits per heavy atom. The Morgan fingerprint density at radius 3 is 2.72 bits per heavy atom. The molecule has 1 aliphatic rings. The van der Waals surface area contributed by atoms with Crippen LogP contribution in [0.5, 0.6) is 11.5 Å². The van der Waals surface area contributed by atoms with Crippen LogP contribution in [0.25, 0.3) is 6.08 Å². The minimum Gasteiger partial charge on any atom is -0.507 e. The Balaban J connectivity index is 1.89. The number of Topliss-reactive ketones (excluding diaryl/α,β-unsaturated/α-hetero) is 1. The number of benzene rings is 1. The lowest BCUT2D eigenvalue weighted by Crippen LogP contribution is -3.07. The van der Waals surface area contributed by atoms with Crippen molar-refractivity contribution < 1.29 is 24.0 Å². The first-order valence-corrected chi connectivity index (χ1v) is 8.66. The molecule has 0 saturated carbocycles. The average molecular weight is 342 g/mol. The number of carbonyl (C=O) groups excluding carboxylic acids is 1. The van der Waals surface area contributed by atoms with Crippen molar-refractivity contribution in [2.75, 3.05) is 13.6 Å². The first-order chi connectivity index (χ1) is 12.0. The van der Waals surface area contributed by atoms with Crippen LogP contribution in [0.2, 0.25) is 0 Å². The van der Waals surface area contributed by atoms with Crippen LogP contribution in [-0.4, -0.2) is 24.5 Å². The number of fused-ring (bicyclic) bond motifs is 1. The quantitative estimate of drug-likeness (QED) is 0.793. The fourth-order valence-corrected chi connectivity index (χ4v) is 3.00. The maximum absolute atomic E-state index is 12.6. The highest BCUT2D eigenvalue weighted by Gasteiger charge is 2.32. The third kappa shape index (κ3) is 3.61. The molecule has 2 N–H and O–H groups in total. The number of furan rings is 1. The van der Waals surface area contributed by atoms with E-state index in [1.54, 1.807) is 24.3 Å². The normalized spacial score (nSPS) is 16.1. The highest BCUT2D eigenvalue weighted by atomic mass is 16.5. The zero-order valence-electron chi connectivity index (χ0n) is 14.9. The summed E-state index contributed by atoms with van der Waals surface area (Å²) in [5.41, 5.74) is 1.17. The second-order valence-electron chi connectivity index (χ2n) is 6.57. The van der Waals surface area contributed by atoms with Crippen LogP contribution in [-0.2, 0) is 6.54 Å². The van der Waals surface area contributed by atoms with Crippen molar-refractivity contribution in [1.29, 1.82) is 0 Å². The largest absolute Gasteiger partial charge is 0.507 e. The molecule has 5 heteroatoms.